The molecule has 0 aliphatic carbocycles. The molecule has 1 amide bonds. The van der Waals surface area contributed by atoms with E-state index < -0.39 is 10.0 Å². The summed E-state index contributed by atoms with van der Waals surface area (Å²) in [7, 11) is -2.59. The lowest BCUT2D eigenvalue weighted by Crippen LogP contribution is -2.26. The number of pyridine rings is 1. The number of hydrogen-bond donors (Lipinski definition) is 2. The fraction of sp³-hybridized carbons (Fsp3) is 0.143. The first-order valence-electron chi connectivity index (χ1n) is 9.03. The lowest BCUT2D eigenvalue weighted by Gasteiger charge is -2.13. The van der Waals surface area contributed by atoms with Crippen LogP contribution in [0.15, 0.2) is 76.2 Å². The molecular formula is C21H20BrN3O4S. The first-order chi connectivity index (χ1) is 14.4. The minimum atomic E-state index is -3.97. The van der Waals surface area contributed by atoms with E-state index in [9.17, 15) is 13.2 Å². The van der Waals surface area contributed by atoms with Crippen LogP contribution in [0.25, 0.3) is 0 Å². The van der Waals surface area contributed by atoms with Gasteiger partial charge in [-0.05, 0) is 54.6 Å². The molecule has 0 aliphatic heterocycles. The minimum Gasteiger partial charge on any atom is -0.495 e. The lowest BCUT2D eigenvalue weighted by atomic mass is 10.2. The zero-order chi connectivity index (χ0) is 21.6. The summed E-state index contributed by atoms with van der Waals surface area (Å²) in [5.41, 5.74) is 1.47. The standard InChI is InChI=1S/C21H20BrN3O4S/c1-29-19-10-5-15(21(26)24-13-11-17-4-2-3-12-23-17)14-20(19)30(27,28)25-18-8-6-16(22)7-9-18/h2-10,12,14,25H,11,13H2,1H3,(H,24,26). The number of hydrogen-bond acceptors (Lipinski definition) is 5. The van der Waals surface area contributed by atoms with Crippen LogP contribution < -0.4 is 14.8 Å². The Kier molecular flexibility index (Phi) is 7.07. The molecule has 3 rings (SSSR count). The highest BCUT2D eigenvalue weighted by molar-refractivity contribution is 9.10. The molecule has 0 radical (unpaired) electrons. The van der Waals surface area contributed by atoms with Crippen LogP contribution in [0.5, 0.6) is 5.75 Å². The van der Waals surface area contributed by atoms with Crippen LogP contribution in [-0.2, 0) is 16.4 Å². The van der Waals surface area contributed by atoms with Crippen molar-refractivity contribution in [1.82, 2.24) is 10.3 Å². The molecule has 0 saturated carbocycles. The number of carbonyl (C=O) groups excluding carboxylic acids is 1. The van der Waals surface area contributed by atoms with E-state index in [1.54, 1.807) is 30.5 Å². The Morgan fingerprint density at radius 3 is 2.53 bits per heavy atom. The lowest BCUT2D eigenvalue weighted by molar-refractivity contribution is 0.0954. The van der Waals surface area contributed by atoms with Crippen molar-refractivity contribution in [3.63, 3.8) is 0 Å². The highest BCUT2D eigenvalue weighted by Crippen LogP contribution is 2.27. The van der Waals surface area contributed by atoms with Gasteiger partial charge in [0.15, 0.2) is 0 Å². The van der Waals surface area contributed by atoms with Gasteiger partial charge in [-0.1, -0.05) is 22.0 Å². The number of aromatic nitrogens is 1. The third kappa shape index (κ3) is 5.58. The molecule has 2 N–H and O–H groups in total. The van der Waals surface area contributed by atoms with Crippen molar-refractivity contribution in [2.45, 2.75) is 11.3 Å². The van der Waals surface area contributed by atoms with Gasteiger partial charge in [-0.3, -0.25) is 14.5 Å². The number of anilines is 1. The van der Waals surface area contributed by atoms with Gasteiger partial charge < -0.3 is 10.1 Å². The molecule has 0 unspecified atom stereocenters. The molecule has 3 aromatic rings. The molecule has 7 nitrogen and oxygen atoms in total. The number of rotatable bonds is 8. The summed E-state index contributed by atoms with van der Waals surface area (Å²) < 4.78 is 34.3. The summed E-state index contributed by atoms with van der Waals surface area (Å²) >= 11 is 3.31. The van der Waals surface area contributed by atoms with E-state index in [0.717, 1.165) is 10.2 Å². The second-order valence-corrected chi connectivity index (χ2v) is 8.87. The number of methoxy groups -OCH3 is 1. The van der Waals surface area contributed by atoms with Crippen molar-refractivity contribution < 1.29 is 17.9 Å². The molecule has 1 aromatic heterocycles. The van der Waals surface area contributed by atoms with Gasteiger partial charge in [-0.25, -0.2) is 8.42 Å². The molecular weight excluding hydrogens is 470 g/mol. The normalized spacial score (nSPS) is 11.0. The number of nitrogens with zero attached hydrogens (tertiary/aromatic N) is 1. The van der Waals surface area contributed by atoms with Crippen LogP contribution in [-0.4, -0.2) is 33.0 Å². The third-order valence-electron chi connectivity index (χ3n) is 4.20. The topological polar surface area (TPSA) is 97.4 Å². The fourth-order valence-corrected chi connectivity index (χ4v) is 4.23. The van der Waals surface area contributed by atoms with E-state index in [-0.39, 0.29) is 22.1 Å². The van der Waals surface area contributed by atoms with Crippen LogP contribution in [0.1, 0.15) is 16.1 Å². The molecule has 156 valence electrons. The molecule has 0 aliphatic rings. The molecule has 0 atom stereocenters. The Labute approximate surface area is 183 Å². The second kappa shape index (κ2) is 9.73. The van der Waals surface area contributed by atoms with Gasteiger partial charge in [-0.2, -0.15) is 0 Å². The maximum atomic E-state index is 12.9. The average molecular weight is 490 g/mol. The Balaban J connectivity index is 1.76. The summed E-state index contributed by atoms with van der Waals surface area (Å²) in [5.74, 6) is -0.238. The number of benzene rings is 2. The Morgan fingerprint density at radius 2 is 1.87 bits per heavy atom. The maximum Gasteiger partial charge on any atom is 0.265 e. The number of carbonyl (C=O) groups is 1. The van der Waals surface area contributed by atoms with E-state index in [1.165, 1.54) is 25.3 Å². The summed E-state index contributed by atoms with van der Waals surface area (Å²) in [6.45, 7) is 0.376. The number of nitrogens with one attached hydrogen (secondary N) is 2. The van der Waals surface area contributed by atoms with Crippen molar-refractivity contribution in [2.24, 2.45) is 0 Å². The van der Waals surface area contributed by atoms with Gasteiger partial charge in [0.05, 0.1) is 7.11 Å². The maximum absolute atomic E-state index is 12.9. The van der Waals surface area contributed by atoms with E-state index in [0.29, 0.717) is 18.7 Å². The molecule has 0 fully saturated rings. The van der Waals surface area contributed by atoms with Crippen molar-refractivity contribution in [2.75, 3.05) is 18.4 Å². The van der Waals surface area contributed by atoms with Crippen LogP contribution >= 0.6 is 15.9 Å². The molecule has 9 heteroatoms. The third-order valence-corrected chi connectivity index (χ3v) is 6.14. The largest absolute Gasteiger partial charge is 0.495 e. The van der Waals surface area contributed by atoms with Crippen molar-refractivity contribution in [1.29, 1.82) is 0 Å². The summed E-state index contributed by atoms with van der Waals surface area (Å²) in [4.78, 5) is 16.6. The quantitative estimate of drug-likeness (QED) is 0.503. The number of amides is 1. The first kappa shape index (κ1) is 21.8. The molecule has 0 spiro atoms. The van der Waals surface area contributed by atoms with Gasteiger partial charge in [0.1, 0.15) is 10.6 Å². The highest BCUT2D eigenvalue weighted by atomic mass is 79.9. The van der Waals surface area contributed by atoms with Crippen LogP contribution in [0.4, 0.5) is 5.69 Å². The second-order valence-electron chi connectivity index (χ2n) is 6.31. The van der Waals surface area contributed by atoms with Crippen molar-refractivity contribution in [3.8, 4) is 5.75 Å². The van der Waals surface area contributed by atoms with Crippen molar-refractivity contribution >= 4 is 37.5 Å². The number of halogens is 1. The van der Waals surface area contributed by atoms with E-state index in [4.69, 9.17) is 4.74 Å². The average Bonchev–Trinajstić information content (AvgIpc) is 2.75. The Hall–Kier alpha value is -2.91. The van der Waals surface area contributed by atoms with E-state index >= 15 is 0 Å². The van der Waals surface area contributed by atoms with Crippen LogP contribution in [0.2, 0.25) is 0 Å². The fourth-order valence-electron chi connectivity index (χ4n) is 2.71. The van der Waals surface area contributed by atoms with E-state index in [2.05, 4.69) is 31.0 Å². The number of ether oxygens (including phenoxy) is 1. The predicted octanol–water partition coefficient (Wildman–Crippen LogP) is 3.63. The Bertz CT molecular complexity index is 1120. The zero-order valence-corrected chi connectivity index (χ0v) is 18.5. The SMILES string of the molecule is COc1ccc(C(=O)NCCc2ccccn2)cc1S(=O)(=O)Nc1ccc(Br)cc1. The molecule has 0 saturated heterocycles. The van der Waals surface area contributed by atoms with Gasteiger partial charge >= 0.3 is 0 Å². The predicted molar refractivity (Wildman–Crippen MR) is 118 cm³/mol. The van der Waals surface area contributed by atoms with Gasteiger partial charge in [0, 0.05) is 40.6 Å². The summed E-state index contributed by atoms with van der Waals surface area (Å²) in [6.07, 6.45) is 2.26. The highest BCUT2D eigenvalue weighted by Gasteiger charge is 2.22. The van der Waals surface area contributed by atoms with Crippen LogP contribution in [0, 0.1) is 0 Å². The summed E-state index contributed by atoms with van der Waals surface area (Å²) in [6, 6.07) is 16.6. The number of sulfonamides is 1. The molecule has 2 aromatic carbocycles. The van der Waals surface area contributed by atoms with Crippen LogP contribution in [0.3, 0.4) is 0 Å². The smallest absolute Gasteiger partial charge is 0.265 e. The summed E-state index contributed by atoms with van der Waals surface area (Å²) in [5, 5.41) is 2.78. The first-order valence-corrected chi connectivity index (χ1v) is 11.3. The van der Waals surface area contributed by atoms with Gasteiger partial charge in [0.2, 0.25) is 0 Å². The molecule has 1 heterocycles. The minimum absolute atomic E-state index is 0.120. The van der Waals surface area contributed by atoms with Crippen molar-refractivity contribution in [3.05, 3.63) is 82.6 Å². The van der Waals surface area contributed by atoms with E-state index in [1.807, 2.05) is 18.2 Å². The molecule has 0 bridgehead atoms. The monoisotopic (exact) mass is 489 g/mol. The van der Waals surface area contributed by atoms with Gasteiger partial charge in [0.25, 0.3) is 15.9 Å². The van der Waals surface area contributed by atoms with Gasteiger partial charge in [-0.15, -0.1) is 0 Å². The Morgan fingerprint density at radius 1 is 1.10 bits per heavy atom. The molecule has 30 heavy (non-hydrogen) atoms. The zero-order valence-electron chi connectivity index (χ0n) is 16.1.